The van der Waals surface area contributed by atoms with Crippen LogP contribution in [0.1, 0.15) is 29.9 Å². The highest BCUT2D eigenvalue weighted by Gasteiger charge is 2.30. The van der Waals surface area contributed by atoms with Crippen LogP contribution < -0.4 is 5.32 Å². The molecule has 5 heteroatoms. The number of amides is 1. The zero-order valence-electron chi connectivity index (χ0n) is 14.8. The Hall–Kier alpha value is -3.08. The Morgan fingerprint density at radius 3 is 2.30 bits per heavy atom. The fourth-order valence-electron chi connectivity index (χ4n) is 3.99. The van der Waals surface area contributed by atoms with Gasteiger partial charge < -0.3 is 15.2 Å². The van der Waals surface area contributed by atoms with E-state index in [2.05, 4.69) is 29.6 Å². The maximum Gasteiger partial charge on any atom is 0.407 e. The molecule has 5 nitrogen and oxygen atoms in total. The molecule has 2 atom stereocenters. The van der Waals surface area contributed by atoms with Gasteiger partial charge in [0.1, 0.15) is 6.61 Å². The van der Waals surface area contributed by atoms with E-state index in [0.717, 1.165) is 11.1 Å². The second-order valence-corrected chi connectivity index (χ2v) is 7.01. The van der Waals surface area contributed by atoms with Crippen molar-refractivity contribution in [3.8, 4) is 11.1 Å². The van der Waals surface area contributed by atoms with Gasteiger partial charge >= 0.3 is 12.1 Å². The molecule has 2 aromatic carbocycles. The lowest BCUT2D eigenvalue weighted by Gasteiger charge is -2.23. The number of aliphatic carboxylic acids is 1. The van der Waals surface area contributed by atoms with E-state index >= 15 is 0 Å². The Labute approximate surface area is 157 Å². The van der Waals surface area contributed by atoms with Crippen LogP contribution in [0.25, 0.3) is 11.1 Å². The average Bonchev–Trinajstić information content (AvgIpc) is 3.00. The Morgan fingerprint density at radius 2 is 1.67 bits per heavy atom. The molecule has 1 amide bonds. The van der Waals surface area contributed by atoms with Gasteiger partial charge in [-0.1, -0.05) is 60.7 Å². The van der Waals surface area contributed by atoms with Gasteiger partial charge in [0.15, 0.2) is 0 Å². The van der Waals surface area contributed by atoms with Gasteiger partial charge in [-0.25, -0.2) is 4.79 Å². The summed E-state index contributed by atoms with van der Waals surface area (Å²) >= 11 is 0. The molecule has 0 spiro atoms. The monoisotopic (exact) mass is 363 g/mol. The number of carboxylic acids is 1. The third kappa shape index (κ3) is 3.45. The third-order valence-corrected chi connectivity index (χ3v) is 5.32. The lowest BCUT2D eigenvalue weighted by Crippen LogP contribution is -2.38. The first-order chi connectivity index (χ1) is 13.1. The molecule has 0 fully saturated rings. The van der Waals surface area contributed by atoms with Gasteiger partial charge in [-0.3, -0.25) is 4.79 Å². The number of nitrogens with one attached hydrogen (secondary N) is 1. The van der Waals surface area contributed by atoms with Gasteiger partial charge in [-0.15, -0.1) is 0 Å². The summed E-state index contributed by atoms with van der Waals surface area (Å²) in [5.41, 5.74) is 4.69. The van der Waals surface area contributed by atoms with Crippen molar-refractivity contribution in [1.82, 2.24) is 5.32 Å². The summed E-state index contributed by atoms with van der Waals surface area (Å²) in [4.78, 5) is 23.4. The van der Waals surface area contributed by atoms with Crippen LogP contribution in [0.3, 0.4) is 0 Å². The van der Waals surface area contributed by atoms with Crippen molar-refractivity contribution >= 4 is 12.1 Å². The van der Waals surface area contributed by atoms with Crippen LogP contribution in [0.4, 0.5) is 4.79 Å². The molecule has 2 aromatic rings. The highest BCUT2D eigenvalue weighted by molar-refractivity contribution is 5.79. The molecular formula is C22H21NO4. The van der Waals surface area contributed by atoms with E-state index in [0.29, 0.717) is 12.8 Å². The number of carbonyl (C=O) groups excluding carboxylic acids is 1. The van der Waals surface area contributed by atoms with E-state index in [1.807, 2.05) is 30.3 Å². The molecular weight excluding hydrogens is 342 g/mol. The number of benzene rings is 2. The number of allylic oxidation sites excluding steroid dienone is 1. The zero-order valence-corrected chi connectivity index (χ0v) is 14.8. The van der Waals surface area contributed by atoms with Crippen molar-refractivity contribution < 1.29 is 19.4 Å². The molecule has 0 saturated heterocycles. The molecule has 2 N–H and O–H groups in total. The molecule has 4 rings (SSSR count). The zero-order chi connectivity index (χ0) is 18.8. The fraction of sp³-hybridized carbons (Fsp3) is 0.273. The second kappa shape index (κ2) is 7.27. The Bertz CT molecular complexity index is 859. The number of fused-ring (bicyclic) bond motifs is 3. The fourth-order valence-corrected chi connectivity index (χ4v) is 3.99. The van der Waals surface area contributed by atoms with Crippen molar-refractivity contribution in [3.63, 3.8) is 0 Å². The number of carbonyl (C=O) groups is 2. The standard InChI is InChI=1S/C22H21NO4/c24-21(25)14-6-5-7-15(12-14)23-22(26)27-13-20-18-10-3-1-8-16(18)17-9-2-4-11-19(17)20/h1-5,7-11,14-15,20H,6,12-13H2,(H,23,26)(H,24,25). The number of carboxylic acid groups (broad SMARTS) is 1. The van der Waals surface area contributed by atoms with Crippen LogP contribution >= 0.6 is 0 Å². The smallest absolute Gasteiger partial charge is 0.407 e. The predicted molar refractivity (Wildman–Crippen MR) is 101 cm³/mol. The number of alkyl carbamates (subject to hydrolysis) is 1. The van der Waals surface area contributed by atoms with E-state index in [9.17, 15) is 9.59 Å². The van der Waals surface area contributed by atoms with Crippen molar-refractivity contribution in [3.05, 3.63) is 71.8 Å². The van der Waals surface area contributed by atoms with Gasteiger partial charge in [0.05, 0.1) is 12.0 Å². The summed E-state index contributed by atoms with van der Waals surface area (Å²) in [5, 5.41) is 11.9. The average molecular weight is 363 g/mol. The normalized spacial score (nSPS) is 20.6. The first-order valence-electron chi connectivity index (χ1n) is 9.14. The quantitative estimate of drug-likeness (QED) is 0.807. The lowest BCUT2D eigenvalue weighted by molar-refractivity contribution is -0.142. The first-order valence-corrected chi connectivity index (χ1v) is 9.14. The van der Waals surface area contributed by atoms with E-state index < -0.39 is 18.0 Å². The van der Waals surface area contributed by atoms with E-state index in [1.165, 1.54) is 11.1 Å². The van der Waals surface area contributed by atoms with E-state index in [4.69, 9.17) is 9.84 Å². The second-order valence-electron chi connectivity index (χ2n) is 7.01. The summed E-state index contributed by atoms with van der Waals surface area (Å²) in [6.07, 6.45) is 4.00. The van der Waals surface area contributed by atoms with Crippen LogP contribution in [-0.2, 0) is 9.53 Å². The van der Waals surface area contributed by atoms with Crippen molar-refractivity contribution in [2.75, 3.05) is 6.61 Å². The predicted octanol–water partition coefficient (Wildman–Crippen LogP) is 3.94. The Kier molecular flexibility index (Phi) is 4.67. The largest absolute Gasteiger partial charge is 0.481 e. The highest BCUT2D eigenvalue weighted by atomic mass is 16.5. The van der Waals surface area contributed by atoms with Gasteiger partial charge in [0, 0.05) is 5.92 Å². The van der Waals surface area contributed by atoms with Crippen LogP contribution in [0.5, 0.6) is 0 Å². The van der Waals surface area contributed by atoms with Crippen molar-refractivity contribution in [2.45, 2.75) is 24.8 Å². The van der Waals surface area contributed by atoms with E-state index in [-0.39, 0.29) is 18.6 Å². The molecule has 0 heterocycles. The Balaban J connectivity index is 1.42. The number of rotatable bonds is 4. The number of ether oxygens (including phenoxy) is 1. The molecule has 138 valence electrons. The van der Waals surface area contributed by atoms with Gasteiger partial charge in [0.25, 0.3) is 0 Å². The molecule has 0 aromatic heterocycles. The Morgan fingerprint density at radius 1 is 1.04 bits per heavy atom. The van der Waals surface area contributed by atoms with Gasteiger partial charge in [-0.05, 0) is 35.1 Å². The minimum Gasteiger partial charge on any atom is -0.481 e. The van der Waals surface area contributed by atoms with E-state index in [1.54, 1.807) is 6.08 Å². The molecule has 27 heavy (non-hydrogen) atoms. The van der Waals surface area contributed by atoms with Gasteiger partial charge in [-0.2, -0.15) is 0 Å². The summed E-state index contributed by atoms with van der Waals surface area (Å²) in [6, 6.07) is 16.0. The molecule has 2 aliphatic carbocycles. The molecule has 0 saturated carbocycles. The molecule has 0 aliphatic heterocycles. The number of hydrogen-bond acceptors (Lipinski definition) is 3. The molecule has 0 bridgehead atoms. The maximum absolute atomic E-state index is 12.3. The summed E-state index contributed by atoms with van der Waals surface area (Å²) < 4.78 is 5.51. The summed E-state index contributed by atoms with van der Waals surface area (Å²) in [7, 11) is 0. The van der Waals surface area contributed by atoms with Crippen LogP contribution in [0, 0.1) is 5.92 Å². The van der Waals surface area contributed by atoms with Crippen LogP contribution in [0.2, 0.25) is 0 Å². The van der Waals surface area contributed by atoms with Gasteiger partial charge in [0.2, 0.25) is 0 Å². The summed E-state index contributed by atoms with van der Waals surface area (Å²) in [5.74, 6) is -1.29. The molecule has 0 radical (unpaired) electrons. The first kappa shape index (κ1) is 17.3. The molecule has 2 aliphatic rings. The summed E-state index contributed by atoms with van der Waals surface area (Å²) in [6.45, 7) is 0.249. The topological polar surface area (TPSA) is 75.6 Å². The minimum atomic E-state index is -0.835. The lowest BCUT2D eigenvalue weighted by atomic mass is 9.91. The maximum atomic E-state index is 12.3. The SMILES string of the molecule is O=C(NC1C=CCC(C(=O)O)C1)OCC1c2ccccc2-c2ccccc21. The highest BCUT2D eigenvalue weighted by Crippen LogP contribution is 2.44. The minimum absolute atomic E-state index is 0.0109. The number of hydrogen-bond donors (Lipinski definition) is 2. The molecule has 2 unspecified atom stereocenters. The van der Waals surface area contributed by atoms with Crippen LogP contribution in [-0.4, -0.2) is 29.8 Å². The van der Waals surface area contributed by atoms with Crippen molar-refractivity contribution in [1.29, 1.82) is 0 Å². The van der Waals surface area contributed by atoms with Crippen molar-refractivity contribution in [2.24, 2.45) is 5.92 Å². The third-order valence-electron chi connectivity index (χ3n) is 5.32. The van der Waals surface area contributed by atoms with Crippen LogP contribution in [0.15, 0.2) is 60.7 Å².